The van der Waals surface area contributed by atoms with Crippen molar-refractivity contribution in [1.29, 1.82) is 0 Å². The van der Waals surface area contributed by atoms with Crippen molar-refractivity contribution in [2.24, 2.45) is 23.2 Å². The summed E-state index contributed by atoms with van der Waals surface area (Å²) in [5.74, 6) is 2.31. The first-order valence-electron chi connectivity index (χ1n) is 6.25. The fourth-order valence-corrected chi connectivity index (χ4v) is 4.18. The van der Waals surface area contributed by atoms with E-state index in [1.807, 2.05) is 0 Å². The van der Waals surface area contributed by atoms with Crippen molar-refractivity contribution in [2.45, 2.75) is 59.0 Å². The van der Waals surface area contributed by atoms with Gasteiger partial charge in [0.25, 0.3) is 0 Å². The predicted octanol–water partition coefficient (Wildman–Crippen LogP) is 3.22. The Morgan fingerprint density at radius 2 is 2.07 bits per heavy atom. The summed E-state index contributed by atoms with van der Waals surface area (Å²) in [6.45, 7) is 6.92. The molecular formula is C13H24O. The lowest BCUT2D eigenvalue weighted by Crippen LogP contribution is -2.38. The lowest BCUT2D eigenvalue weighted by Gasteiger charge is -2.41. The van der Waals surface area contributed by atoms with E-state index >= 15 is 0 Å². The summed E-state index contributed by atoms with van der Waals surface area (Å²) in [6, 6.07) is 0. The minimum Gasteiger partial charge on any atom is -0.393 e. The zero-order valence-corrected chi connectivity index (χ0v) is 9.79. The van der Waals surface area contributed by atoms with Gasteiger partial charge >= 0.3 is 0 Å². The average Bonchev–Trinajstić information content (AvgIpc) is 2.61. The molecule has 0 radical (unpaired) electrons. The molecule has 0 aromatic heterocycles. The number of fused-ring (bicyclic) bond motifs is 2. The Morgan fingerprint density at radius 3 is 2.57 bits per heavy atom. The van der Waals surface area contributed by atoms with E-state index in [1.165, 1.54) is 19.3 Å². The second kappa shape index (κ2) is 3.52. The molecule has 0 saturated heterocycles. The van der Waals surface area contributed by atoms with Crippen molar-refractivity contribution in [2.75, 3.05) is 0 Å². The molecule has 1 unspecified atom stereocenters. The van der Waals surface area contributed by atoms with Gasteiger partial charge in [0.2, 0.25) is 0 Å². The van der Waals surface area contributed by atoms with E-state index < -0.39 is 0 Å². The smallest absolute Gasteiger partial charge is 0.0576 e. The van der Waals surface area contributed by atoms with Gasteiger partial charge in [-0.3, -0.25) is 0 Å². The Bertz CT molecular complexity index is 209. The highest BCUT2D eigenvalue weighted by Crippen LogP contribution is 2.60. The van der Waals surface area contributed by atoms with Crippen molar-refractivity contribution >= 4 is 0 Å². The van der Waals surface area contributed by atoms with Crippen molar-refractivity contribution < 1.29 is 5.11 Å². The fourth-order valence-electron chi connectivity index (χ4n) is 4.18. The molecule has 0 heterocycles. The molecule has 0 aromatic carbocycles. The summed E-state index contributed by atoms with van der Waals surface area (Å²) in [5.41, 5.74) is 0.400. The molecule has 2 aliphatic carbocycles. The Morgan fingerprint density at radius 1 is 1.36 bits per heavy atom. The minimum absolute atomic E-state index is 0.0368. The molecule has 2 saturated carbocycles. The molecule has 1 heteroatoms. The van der Waals surface area contributed by atoms with Gasteiger partial charge < -0.3 is 5.11 Å². The van der Waals surface area contributed by atoms with Crippen LogP contribution in [-0.4, -0.2) is 11.2 Å². The number of hydrogen-bond acceptors (Lipinski definition) is 1. The van der Waals surface area contributed by atoms with E-state index in [-0.39, 0.29) is 6.10 Å². The predicted molar refractivity (Wildman–Crippen MR) is 59.0 cm³/mol. The number of rotatable bonds is 3. The van der Waals surface area contributed by atoms with E-state index in [4.69, 9.17) is 0 Å². The van der Waals surface area contributed by atoms with E-state index in [0.717, 1.165) is 24.7 Å². The van der Waals surface area contributed by atoms with Gasteiger partial charge in [-0.2, -0.15) is 0 Å². The van der Waals surface area contributed by atoms with E-state index in [1.54, 1.807) is 0 Å². The van der Waals surface area contributed by atoms with Crippen LogP contribution < -0.4 is 0 Å². The van der Waals surface area contributed by atoms with E-state index in [0.29, 0.717) is 11.3 Å². The highest BCUT2D eigenvalue weighted by atomic mass is 16.3. The standard InChI is InChI=1S/C13H24O/c1-4-5-11(14)12-9-6-7-10(8-9)13(12,2)3/h9-12,14H,4-8H2,1-3H3/t9-,10+,11?,12-/m0/s1. The molecule has 0 amide bonds. The first kappa shape index (κ1) is 10.5. The SMILES string of the molecule is CCCC(O)[C@@H]1[C@H]2CC[C@H](C2)C1(C)C. The Hall–Kier alpha value is -0.0400. The molecule has 4 atom stereocenters. The number of hydrogen-bond donors (Lipinski definition) is 1. The third-order valence-electron chi connectivity index (χ3n) is 4.89. The zero-order chi connectivity index (χ0) is 10.3. The largest absolute Gasteiger partial charge is 0.393 e. The van der Waals surface area contributed by atoms with Crippen LogP contribution in [0.15, 0.2) is 0 Å². The molecule has 82 valence electrons. The lowest BCUT2D eigenvalue weighted by atomic mass is 9.66. The zero-order valence-electron chi connectivity index (χ0n) is 9.79. The summed E-state index contributed by atoms with van der Waals surface area (Å²) in [4.78, 5) is 0. The third kappa shape index (κ3) is 1.41. The minimum atomic E-state index is -0.0368. The first-order chi connectivity index (χ1) is 6.57. The van der Waals surface area contributed by atoms with Crippen molar-refractivity contribution in [3.05, 3.63) is 0 Å². The van der Waals surface area contributed by atoms with Crippen LogP contribution in [0.4, 0.5) is 0 Å². The molecule has 2 bridgehead atoms. The van der Waals surface area contributed by atoms with Crippen LogP contribution >= 0.6 is 0 Å². The molecule has 14 heavy (non-hydrogen) atoms. The van der Waals surface area contributed by atoms with E-state index in [9.17, 15) is 5.11 Å². The third-order valence-corrected chi connectivity index (χ3v) is 4.89. The van der Waals surface area contributed by atoms with Gasteiger partial charge in [0.05, 0.1) is 6.10 Å². The van der Waals surface area contributed by atoms with E-state index in [2.05, 4.69) is 20.8 Å². The highest BCUT2D eigenvalue weighted by molar-refractivity contribution is 5.03. The van der Waals surface area contributed by atoms with Gasteiger partial charge in [-0.15, -0.1) is 0 Å². The number of aliphatic hydroxyl groups is 1. The second-order valence-electron chi connectivity index (χ2n) is 5.97. The fraction of sp³-hybridized carbons (Fsp3) is 1.00. The summed E-state index contributed by atoms with van der Waals surface area (Å²) >= 11 is 0. The summed E-state index contributed by atoms with van der Waals surface area (Å²) in [6.07, 6.45) is 6.25. The molecule has 1 nitrogen and oxygen atoms in total. The van der Waals surface area contributed by atoms with Gasteiger partial charge in [-0.05, 0) is 48.9 Å². The molecule has 2 fully saturated rings. The normalized spacial score (nSPS) is 41.6. The Kier molecular flexibility index (Phi) is 2.63. The van der Waals surface area contributed by atoms with Gasteiger partial charge in [-0.1, -0.05) is 27.2 Å². The second-order valence-corrected chi connectivity index (χ2v) is 5.97. The maximum atomic E-state index is 10.2. The van der Waals surface area contributed by atoms with Crippen LogP contribution in [-0.2, 0) is 0 Å². The monoisotopic (exact) mass is 196 g/mol. The summed E-state index contributed by atoms with van der Waals surface area (Å²) in [5, 5.41) is 10.2. The van der Waals surface area contributed by atoms with Crippen LogP contribution in [0.5, 0.6) is 0 Å². The summed E-state index contributed by atoms with van der Waals surface area (Å²) in [7, 11) is 0. The molecule has 0 aromatic rings. The maximum Gasteiger partial charge on any atom is 0.0576 e. The highest BCUT2D eigenvalue weighted by Gasteiger charge is 2.54. The van der Waals surface area contributed by atoms with Crippen molar-refractivity contribution in [3.63, 3.8) is 0 Å². The Labute approximate surface area is 87.9 Å². The van der Waals surface area contributed by atoms with Crippen LogP contribution in [0.3, 0.4) is 0 Å². The van der Waals surface area contributed by atoms with Crippen molar-refractivity contribution in [1.82, 2.24) is 0 Å². The topological polar surface area (TPSA) is 20.2 Å². The molecule has 0 aliphatic heterocycles. The molecule has 0 spiro atoms. The Balaban J connectivity index is 2.10. The van der Waals surface area contributed by atoms with Crippen LogP contribution in [0.25, 0.3) is 0 Å². The number of aliphatic hydroxyl groups excluding tert-OH is 1. The lowest BCUT2D eigenvalue weighted by molar-refractivity contribution is -0.00683. The molecule has 1 N–H and O–H groups in total. The van der Waals surface area contributed by atoms with Crippen LogP contribution in [0, 0.1) is 23.2 Å². The van der Waals surface area contributed by atoms with Gasteiger partial charge in [0.15, 0.2) is 0 Å². The first-order valence-corrected chi connectivity index (χ1v) is 6.25. The molecular weight excluding hydrogens is 172 g/mol. The quantitative estimate of drug-likeness (QED) is 0.735. The average molecular weight is 196 g/mol. The summed E-state index contributed by atoms with van der Waals surface area (Å²) < 4.78 is 0. The van der Waals surface area contributed by atoms with Crippen molar-refractivity contribution in [3.8, 4) is 0 Å². The van der Waals surface area contributed by atoms with Gasteiger partial charge in [0.1, 0.15) is 0 Å². The molecule has 2 rings (SSSR count). The van der Waals surface area contributed by atoms with Gasteiger partial charge in [-0.25, -0.2) is 0 Å². The van der Waals surface area contributed by atoms with Crippen LogP contribution in [0.2, 0.25) is 0 Å². The maximum absolute atomic E-state index is 10.2. The molecule has 2 aliphatic rings. The van der Waals surface area contributed by atoms with Gasteiger partial charge in [0, 0.05) is 0 Å². The van der Waals surface area contributed by atoms with Crippen LogP contribution in [0.1, 0.15) is 52.9 Å².